The number of ketones is 1. The number of para-hydroxylation sites is 1. The molecular formula is C32H37NO4. The molecule has 194 valence electrons. The summed E-state index contributed by atoms with van der Waals surface area (Å²) in [4.78, 5) is 26.0. The van der Waals surface area contributed by atoms with E-state index < -0.39 is 6.04 Å². The fraction of sp³-hybridized carbons (Fsp3) is 0.375. The number of hydrogen-bond acceptors (Lipinski definition) is 4. The molecule has 37 heavy (non-hydrogen) atoms. The van der Waals surface area contributed by atoms with Crippen LogP contribution in [0.4, 0.5) is 0 Å². The molecule has 3 aromatic carbocycles. The van der Waals surface area contributed by atoms with Gasteiger partial charge in [0.15, 0.2) is 5.78 Å². The molecule has 3 aromatic rings. The van der Waals surface area contributed by atoms with Crippen LogP contribution in [0, 0.1) is 5.92 Å². The Kier molecular flexibility index (Phi) is 10.3. The molecule has 0 bridgehead atoms. The van der Waals surface area contributed by atoms with E-state index in [1.165, 1.54) is 32.1 Å². The van der Waals surface area contributed by atoms with E-state index in [-0.39, 0.29) is 24.7 Å². The molecule has 1 atom stereocenters. The number of rotatable bonds is 13. The van der Waals surface area contributed by atoms with E-state index in [1.54, 1.807) is 0 Å². The molecule has 1 amide bonds. The van der Waals surface area contributed by atoms with Gasteiger partial charge in [-0.25, -0.2) is 0 Å². The maximum Gasteiger partial charge on any atom is 0.220 e. The van der Waals surface area contributed by atoms with E-state index in [4.69, 9.17) is 9.47 Å². The summed E-state index contributed by atoms with van der Waals surface area (Å²) in [6.45, 7) is 0.548. The minimum Gasteiger partial charge on any atom is -0.457 e. The van der Waals surface area contributed by atoms with Gasteiger partial charge in [0.05, 0.1) is 13.2 Å². The maximum atomic E-state index is 13.2. The van der Waals surface area contributed by atoms with E-state index in [0.717, 1.165) is 23.3 Å². The van der Waals surface area contributed by atoms with Crippen molar-refractivity contribution in [3.63, 3.8) is 0 Å². The van der Waals surface area contributed by atoms with Crippen LogP contribution in [0.5, 0.6) is 11.5 Å². The largest absolute Gasteiger partial charge is 0.457 e. The Morgan fingerprint density at radius 1 is 0.784 bits per heavy atom. The Morgan fingerprint density at radius 3 is 2.14 bits per heavy atom. The van der Waals surface area contributed by atoms with Gasteiger partial charge in [0.1, 0.15) is 17.5 Å². The molecule has 0 aromatic heterocycles. The first-order valence-electron chi connectivity index (χ1n) is 13.4. The summed E-state index contributed by atoms with van der Waals surface area (Å²) in [5.74, 6) is 1.97. The van der Waals surface area contributed by atoms with Crippen LogP contribution in [0.3, 0.4) is 0 Å². The molecule has 1 aliphatic carbocycles. The van der Waals surface area contributed by atoms with Crippen molar-refractivity contribution >= 4 is 11.7 Å². The Morgan fingerprint density at radius 2 is 1.43 bits per heavy atom. The van der Waals surface area contributed by atoms with Crippen molar-refractivity contribution in [2.75, 3.05) is 6.61 Å². The van der Waals surface area contributed by atoms with Gasteiger partial charge in [-0.1, -0.05) is 92.8 Å². The van der Waals surface area contributed by atoms with Crippen molar-refractivity contribution in [3.8, 4) is 11.5 Å². The quantitative estimate of drug-likeness (QED) is 0.286. The predicted molar refractivity (Wildman–Crippen MR) is 146 cm³/mol. The zero-order chi connectivity index (χ0) is 25.7. The highest BCUT2D eigenvalue weighted by Gasteiger charge is 2.22. The molecule has 5 heteroatoms. The van der Waals surface area contributed by atoms with E-state index in [1.807, 2.05) is 84.9 Å². The zero-order valence-electron chi connectivity index (χ0n) is 21.4. The van der Waals surface area contributed by atoms with Crippen LogP contribution in [-0.2, 0) is 27.4 Å². The first kappa shape index (κ1) is 26.6. The average Bonchev–Trinajstić information content (AvgIpc) is 2.94. The molecule has 0 radical (unpaired) electrons. The second-order valence-electron chi connectivity index (χ2n) is 9.87. The molecular weight excluding hydrogens is 462 g/mol. The summed E-state index contributed by atoms with van der Waals surface area (Å²) in [7, 11) is 0. The van der Waals surface area contributed by atoms with Crippen molar-refractivity contribution in [3.05, 3.63) is 96.1 Å². The Hall–Kier alpha value is -3.44. The van der Waals surface area contributed by atoms with Crippen molar-refractivity contribution in [1.82, 2.24) is 5.32 Å². The molecule has 1 unspecified atom stereocenters. The number of ether oxygens (including phenoxy) is 2. The minimum atomic E-state index is -0.678. The van der Waals surface area contributed by atoms with Crippen molar-refractivity contribution < 1.29 is 19.1 Å². The number of carbonyl (C=O) groups is 2. The summed E-state index contributed by atoms with van der Waals surface area (Å²) in [6.07, 6.45) is 7.80. The van der Waals surface area contributed by atoms with Crippen LogP contribution < -0.4 is 10.1 Å². The van der Waals surface area contributed by atoms with Crippen molar-refractivity contribution in [2.45, 2.75) is 64.0 Å². The molecule has 0 saturated heterocycles. The number of nitrogens with one attached hydrogen (secondary N) is 1. The fourth-order valence-electron chi connectivity index (χ4n) is 4.79. The molecule has 0 aliphatic heterocycles. The summed E-state index contributed by atoms with van der Waals surface area (Å²) in [5, 5.41) is 2.97. The van der Waals surface area contributed by atoms with Crippen LogP contribution in [0.15, 0.2) is 84.9 Å². The molecule has 4 rings (SSSR count). The summed E-state index contributed by atoms with van der Waals surface area (Å²) < 4.78 is 11.7. The monoisotopic (exact) mass is 499 g/mol. The summed E-state index contributed by atoms with van der Waals surface area (Å²) >= 11 is 0. The normalized spacial score (nSPS) is 14.6. The molecule has 0 spiro atoms. The number of amides is 1. The van der Waals surface area contributed by atoms with E-state index in [0.29, 0.717) is 24.7 Å². The highest BCUT2D eigenvalue weighted by Crippen LogP contribution is 2.27. The summed E-state index contributed by atoms with van der Waals surface area (Å²) in [5.41, 5.74) is 1.90. The van der Waals surface area contributed by atoms with Crippen LogP contribution in [0.2, 0.25) is 0 Å². The number of carbonyl (C=O) groups excluding carboxylic acids is 2. The minimum absolute atomic E-state index is 0.0594. The standard InChI is InChI=1S/C32H37NO4/c34-31(22-26-16-19-29(20-17-26)37-28-14-8-3-9-15-28)30(24-36-23-27-12-6-2-7-13-27)33-32(35)21-18-25-10-4-1-5-11-25/h2-3,6-9,12-17,19-20,25,30H,1,4-5,10-11,18,21-24H2,(H,33,35). The highest BCUT2D eigenvalue weighted by molar-refractivity contribution is 5.90. The van der Waals surface area contributed by atoms with Gasteiger partial charge >= 0.3 is 0 Å². The van der Waals surface area contributed by atoms with Crippen molar-refractivity contribution in [2.24, 2.45) is 5.92 Å². The zero-order valence-corrected chi connectivity index (χ0v) is 21.4. The second-order valence-corrected chi connectivity index (χ2v) is 9.87. The Labute approximate surface area is 220 Å². The maximum absolute atomic E-state index is 13.2. The lowest BCUT2D eigenvalue weighted by molar-refractivity contribution is -0.129. The SMILES string of the molecule is O=C(CCC1CCCCC1)NC(COCc1ccccc1)C(=O)Cc1ccc(Oc2ccccc2)cc1. The molecule has 1 saturated carbocycles. The fourth-order valence-corrected chi connectivity index (χ4v) is 4.79. The molecule has 1 aliphatic rings. The third-order valence-electron chi connectivity index (χ3n) is 6.90. The molecule has 1 fully saturated rings. The molecule has 5 nitrogen and oxygen atoms in total. The van der Waals surface area contributed by atoms with Gasteiger partial charge in [0.25, 0.3) is 0 Å². The van der Waals surface area contributed by atoms with Gasteiger partial charge in [0.2, 0.25) is 5.91 Å². The predicted octanol–water partition coefficient (Wildman–Crippen LogP) is 6.65. The van der Waals surface area contributed by atoms with Gasteiger partial charge < -0.3 is 14.8 Å². The highest BCUT2D eigenvalue weighted by atomic mass is 16.5. The lowest BCUT2D eigenvalue weighted by Gasteiger charge is -2.22. The van der Waals surface area contributed by atoms with Crippen LogP contribution in [0.1, 0.15) is 56.1 Å². The molecule has 1 N–H and O–H groups in total. The lowest BCUT2D eigenvalue weighted by Crippen LogP contribution is -2.44. The van der Waals surface area contributed by atoms with Gasteiger partial charge in [-0.3, -0.25) is 9.59 Å². The van der Waals surface area contributed by atoms with Crippen molar-refractivity contribution in [1.29, 1.82) is 0 Å². The van der Waals surface area contributed by atoms with E-state index in [2.05, 4.69) is 5.32 Å². The summed E-state index contributed by atoms with van der Waals surface area (Å²) in [6, 6.07) is 26.2. The van der Waals surface area contributed by atoms with Crippen LogP contribution in [0.25, 0.3) is 0 Å². The van der Waals surface area contributed by atoms with Crippen LogP contribution >= 0.6 is 0 Å². The van der Waals surface area contributed by atoms with E-state index in [9.17, 15) is 9.59 Å². The second kappa shape index (κ2) is 14.3. The Bertz CT molecular complexity index is 1090. The number of benzene rings is 3. The third-order valence-corrected chi connectivity index (χ3v) is 6.90. The number of hydrogen-bond donors (Lipinski definition) is 1. The smallest absolute Gasteiger partial charge is 0.220 e. The first-order valence-corrected chi connectivity index (χ1v) is 13.4. The van der Waals surface area contributed by atoms with E-state index >= 15 is 0 Å². The van der Waals surface area contributed by atoms with Gasteiger partial charge in [-0.2, -0.15) is 0 Å². The lowest BCUT2D eigenvalue weighted by atomic mass is 9.86. The molecule has 0 heterocycles. The Balaban J connectivity index is 1.32. The average molecular weight is 500 g/mol. The van der Waals surface area contributed by atoms with Gasteiger partial charge in [0, 0.05) is 12.8 Å². The van der Waals surface area contributed by atoms with Crippen LogP contribution in [-0.4, -0.2) is 24.3 Å². The van der Waals surface area contributed by atoms with Gasteiger partial charge in [-0.05, 0) is 47.7 Å². The first-order chi connectivity index (χ1) is 18.2. The van der Waals surface area contributed by atoms with Gasteiger partial charge in [-0.15, -0.1) is 0 Å². The number of Topliss-reactive ketones (excluding diaryl/α,β-unsaturated/α-hetero) is 1. The topological polar surface area (TPSA) is 64.6 Å². The third kappa shape index (κ3) is 9.18.